The van der Waals surface area contributed by atoms with Crippen LogP contribution in [-0.2, 0) is 42.6 Å². The largest absolute Gasteiger partial charge is 0.394 e. The van der Waals surface area contributed by atoms with Gasteiger partial charge >= 0.3 is 0 Å². The van der Waals surface area contributed by atoms with Gasteiger partial charge in [-0.15, -0.1) is 0 Å². The Bertz CT molecular complexity index is 1210. The molecule has 0 aromatic carbocycles. The van der Waals surface area contributed by atoms with Crippen molar-refractivity contribution in [1.29, 1.82) is 0 Å². The van der Waals surface area contributed by atoms with E-state index in [4.69, 9.17) is 42.6 Å². The van der Waals surface area contributed by atoms with Gasteiger partial charge in [-0.25, -0.2) is 0 Å². The molecule has 5 rings (SSSR count). The predicted octanol–water partition coefficient (Wildman–Crippen LogP) is -11.9. The summed E-state index contributed by atoms with van der Waals surface area (Å²) in [5.41, 5.74) is 0. The summed E-state index contributed by atoms with van der Waals surface area (Å²) in [4.78, 5) is 0. The van der Waals surface area contributed by atoms with Crippen LogP contribution in [0.25, 0.3) is 0 Å². The monoisotopic (exact) mass is 828 g/mol. The minimum absolute atomic E-state index is 0.833. The van der Waals surface area contributed by atoms with Crippen molar-refractivity contribution in [2.24, 2.45) is 0 Å². The summed E-state index contributed by atoms with van der Waals surface area (Å²) in [5.74, 6) is 0. The van der Waals surface area contributed by atoms with Gasteiger partial charge in [0, 0.05) is 0 Å². The maximum atomic E-state index is 11.3. The fraction of sp³-hybridized carbons (Fsp3) is 1.00. The molecule has 0 aromatic heterocycles. The Labute approximate surface area is 316 Å². The molecule has 5 heterocycles. The molecule has 5 saturated heterocycles. The van der Waals surface area contributed by atoms with Crippen molar-refractivity contribution in [3.05, 3.63) is 0 Å². The number of rotatable bonds is 13. The van der Waals surface area contributed by atoms with Crippen LogP contribution in [0.15, 0.2) is 0 Å². The molecule has 328 valence electrons. The van der Waals surface area contributed by atoms with Gasteiger partial charge in [0.05, 0.1) is 33.0 Å². The highest BCUT2D eigenvalue weighted by Gasteiger charge is 2.57. The fourth-order valence-corrected chi connectivity index (χ4v) is 6.95. The lowest BCUT2D eigenvalue weighted by atomic mass is 9.95. The van der Waals surface area contributed by atoms with E-state index < -0.39 is 187 Å². The molecule has 0 aliphatic carbocycles. The lowest BCUT2D eigenvalue weighted by molar-refractivity contribution is -0.412. The van der Waals surface area contributed by atoms with Crippen LogP contribution in [0, 0.1) is 0 Å². The lowest BCUT2D eigenvalue weighted by Gasteiger charge is -2.50. The molecule has 5 aliphatic heterocycles. The zero-order valence-electron chi connectivity index (χ0n) is 29.2. The van der Waals surface area contributed by atoms with Gasteiger partial charge in [-0.1, -0.05) is 0 Å². The van der Waals surface area contributed by atoms with Crippen molar-refractivity contribution >= 4 is 0 Å². The van der Waals surface area contributed by atoms with Crippen molar-refractivity contribution < 1.29 is 129 Å². The smallest absolute Gasteiger partial charge is 0.187 e. The molecule has 0 amide bonds. The van der Waals surface area contributed by atoms with E-state index in [0.29, 0.717) is 0 Å². The van der Waals surface area contributed by atoms with Crippen LogP contribution in [0.5, 0.6) is 0 Å². The zero-order valence-corrected chi connectivity index (χ0v) is 29.2. The third-order valence-corrected chi connectivity index (χ3v) is 10.3. The topological polar surface area (TPSA) is 427 Å². The molecular weight excluding hydrogens is 776 g/mol. The highest BCUT2D eigenvalue weighted by Crippen LogP contribution is 2.36. The van der Waals surface area contributed by atoms with Crippen LogP contribution in [0.4, 0.5) is 0 Å². The number of aliphatic hydroxyl groups excluding tert-OH is 17. The van der Waals surface area contributed by atoms with Crippen LogP contribution >= 0.6 is 0 Å². The SMILES string of the molecule is OCC1OC(OC2C(OC3C(OC4C(OC5C(O)OC(CO)C(O)C5O)OC(CO)C(O)C4O)OC(CO)C(O)C3O)OC(CO)C(O)C2O)C(O)C(O)C1O. The van der Waals surface area contributed by atoms with Crippen molar-refractivity contribution in [1.82, 2.24) is 0 Å². The first kappa shape index (κ1) is 46.0. The van der Waals surface area contributed by atoms with E-state index >= 15 is 0 Å². The third-order valence-electron chi connectivity index (χ3n) is 10.3. The second-order valence-corrected chi connectivity index (χ2v) is 13.9. The molecule has 5 fully saturated rings. The molecule has 26 nitrogen and oxygen atoms in total. The van der Waals surface area contributed by atoms with E-state index in [2.05, 4.69) is 0 Å². The second-order valence-electron chi connectivity index (χ2n) is 13.9. The first-order valence-corrected chi connectivity index (χ1v) is 17.6. The van der Waals surface area contributed by atoms with E-state index in [-0.39, 0.29) is 0 Å². The van der Waals surface area contributed by atoms with Gasteiger partial charge in [0.25, 0.3) is 0 Å². The summed E-state index contributed by atoms with van der Waals surface area (Å²) in [5, 5.41) is 177. The maximum absolute atomic E-state index is 11.3. The summed E-state index contributed by atoms with van der Waals surface area (Å²) in [6.45, 7) is -4.60. The van der Waals surface area contributed by atoms with Gasteiger partial charge in [0.15, 0.2) is 31.5 Å². The summed E-state index contributed by atoms with van der Waals surface area (Å²) in [6.07, 6.45) is -48.2. The first-order valence-electron chi connectivity index (χ1n) is 17.6. The quantitative estimate of drug-likeness (QED) is 0.0819. The summed E-state index contributed by atoms with van der Waals surface area (Å²) < 4.78 is 50.2. The molecule has 26 heteroatoms. The summed E-state index contributed by atoms with van der Waals surface area (Å²) in [7, 11) is 0. The number of hydrogen-bond donors (Lipinski definition) is 17. The number of aliphatic hydroxyl groups is 17. The number of hydrogen-bond acceptors (Lipinski definition) is 26. The molecule has 0 bridgehead atoms. The lowest BCUT2D eigenvalue weighted by Crippen LogP contribution is -2.68. The number of ether oxygens (including phenoxy) is 9. The van der Waals surface area contributed by atoms with Gasteiger partial charge in [0.1, 0.15) is 122 Å². The van der Waals surface area contributed by atoms with Crippen LogP contribution in [-0.4, -0.2) is 273 Å². The van der Waals surface area contributed by atoms with Gasteiger partial charge in [-0.05, 0) is 0 Å². The molecule has 25 atom stereocenters. The predicted molar refractivity (Wildman–Crippen MR) is 167 cm³/mol. The molecule has 5 aliphatic rings. The van der Waals surface area contributed by atoms with E-state index in [1.54, 1.807) is 0 Å². The molecule has 0 aromatic rings. The Balaban J connectivity index is 1.45. The Morgan fingerprint density at radius 1 is 0.268 bits per heavy atom. The minimum atomic E-state index is -2.16. The normalized spacial score (nSPS) is 53.2. The molecule has 0 radical (unpaired) electrons. The van der Waals surface area contributed by atoms with E-state index in [1.165, 1.54) is 0 Å². The minimum Gasteiger partial charge on any atom is -0.394 e. The molecule has 25 unspecified atom stereocenters. The highest BCUT2D eigenvalue weighted by molar-refractivity contribution is 4.98. The molecule has 56 heavy (non-hydrogen) atoms. The van der Waals surface area contributed by atoms with Gasteiger partial charge in [0.2, 0.25) is 0 Å². The molecule has 0 spiro atoms. The Kier molecular flexibility index (Phi) is 16.1. The van der Waals surface area contributed by atoms with Crippen LogP contribution in [0.3, 0.4) is 0 Å². The van der Waals surface area contributed by atoms with Crippen molar-refractivity contribution in [2.45, 2.75) is 154 Å². The van der Waals surface area contributed by atoms with E-state index in [9.17, 15) is 86.8 Å². The van der Waals surface area contributed by atoms with Crippen LogP contribution < -0.4 is 0 Å². The van der Waals surface area contributed by atoms with Gasteiger partial charge < -0.3 is 129 Å². The van der Waals surface area contributed by atoms with Crippen LogP contribution in [0.2, 0.25) is 0 Å². The Morgan fingerprint density at radius 2 is 0.518 bits per heavy atom. The highest BCUT2D eigenvalue weighted by atomic mass is 16.8. The Morgan fingerprint density at radius 3 is 0.857 bits per heavy atom. The van der Waals surface area contributed by atoms with Gasteiger partial charge in [-0.3, -0.25) is 0 Å². The van der Waals surface area contributed by atoms with Crippen LogP contribution in [0.1, 0.15) is 0 Å². The molecule has 0 saturated carbocycles. The van der Waals surface area contributed by atoms with E-state index in [0.717, 1.165) is 0 Å². The summed E-state index contributed by atoms with van der Waals surface area (Å²) >= 11 is 0. The van der Waals surface area contributed by atoms with Crippen molar-refractivity contribution in [3.8, 4) is 0 Å². The van der Waals surface area contributed by atoms with Gasteiger partial charge in [-0.2, -0.15) is 0 Å². The first-order chi connectivity index (χ1) is 26.5. The average molecular weight is 829 g/mol. The van der Waals surface area contributed by atoms with Crippen molar-refractivity contribution in [2.75, 3.05) is 33.0 Å². The second kappa shape index (κ2) is 19.6. The molecular formula is C30H52O26. The van der Waals surface area contributed by atoms with E-state index in [1.807, 2.05) is 0 Å². The maximum Gasteiger partial charge on any atom is 0.187 e. The Hall–Kier alpha value is -1.04. The summed E-state index contributed by atoms with van der Waals surface area (Å²) in [6, 6.07) is 0. The standard InChI is InChI=1S/C30H52O26/c31-1-6-12(37)17(42)22(26(47)48-6)53-28-24(19(44)14(39)8(3-33)50-28)55-30-25(20(45)15(40)10(5-35)52-30)56-29-23(18(43)13(38)9(4-34)51-29)54-27-21(46)16(41)11(36)7(2-32)49-27/h6-47H,1-5H2. The third kappa shape index (κ3) is 9.16. The fourth-order valence-electron chi connectivity index (χ4n) is 6.95. The average Bonchev–Trinajstić information content (AvgIpc) is 3.19. The van der Waals surface area contributed by atoms with Crippen molar-refractivity contribution in [3.63, 3.8) is 0 Å². The molecule has 17 N–H and O–H groups in total. The zero-order chi connectivity index (χ0) is 41.3.